The highest BCUT2D eigenvalue weighted by Crippen LogP contribution is 2.10. The predicted molar refractivity (Wildman–Crippen MR) is 69.3 cm³/mol. The molecule has 2 N–H and O–H groups in total. The van der Waals surface area contributed by atoms with Gasteiger partial charge in [-0.05, 0) is 18.6 Å². The zero-order valence-electron chi connectivity index (χ0n) is 10.1. The Balaban J connectivity index is 1.91. The minimum Gasteiger partial charge on any atom is -0.326 e. The van der Waals surface area contributed by atoms with Gasteiger partial charge >= 0.3 is 0 Å². The molecule has 0 spiro atoms. The summed E-state index contributed by atoms with van der Waals surface area (Å²) in [6.07, 6.45) is 2.76. The van der Waals surface area contributed by atoms with E-state index in [-0.39, 0.29) is 11.6 Å². The molecule has 1 atom stereocenters. The first-order valence-electron chi connectivity index (χ1n) is 6.17. The van der Waals surface area contributed by atoms with Crippen molar-refractivity contribution in [1.29, 1.82) is 0 Å². The summed E-state index contributed by atoms with van der Waals surface area (Å²) in [6, 6.07) is 7.43. The molecule has 0 saturated carbocycles. The van der Waals surface area contributed by atoms with Crippen molar-refractivity contribution in [2.75, 3.05) is 13.1 Å². The highest BCUT2D eigenvalue weighted by Gasteiger charge is 2.19. The van der Waals surface area contributed by atoms with Gasteiger partial charge in [-0.1, -0.05) is 6.07 Å². The topological polar surface area (TPSA) is 63.6 Å². The molecule has 5 nitrogen and oxygen atoms in total. The van der Waals surface area contributed by atoms with E-state index in [0.29, 0.717) is 12.2 Å². The van der Waals surface area contributed by atoms with Crippen LogP contribution < -0.4 is 11.3 Å². The molecule has 0 bridgehead atoms. The lowest BCUT2D eigenvalue weighted by Crippen LogP contribution is -2.27. The van der Waals surface area contributed by atoms with Gasteiger partial charge in [0.25, 0.3) is 5.56 Å². The molecule has 5 heteroatoms. The fraction of sp³-hybridized carbons (Fsp3) is 0.385. The maximum Gasteiger partial charge on any atom is 0.258 e. The van der Waals surface area contributed by atoms with E-state index in [9.17, 15) is 4.79 Å². The molecule has 3 heterocycles. The zero-order valence-corrected chi connectivity index (χ0v) is 10.1. The molecule has 0 aliphatic carbocycles. The summed E-state index contributed by atoms with van der Waals surface area (Å²) in [6.45, 7) is 2.57. The van der Waals surface area contributed by atoms with Gasteiger partial charge in [-0.3, -0.25) is 14.1 Å². The first-order chi connectivity index (χ1) is 8.72. The molecule has 18 heavy (non-hydrogen) atoms. The van der Waals surface area contributed by atoms with Gasteiger partial charge in [0.05, 0.1) is 5.69 Å². The van der Waals surface area contributed by atoms with Gasteiger partial charge in [0, 0.05) is 37.9 Å². The van der Waals surface area contributed by atoms with E-state index in [0.717, 1.165) is 25.2 Å². The summed E-state index contributed by atoms with van der Waals surface area (Å²) in [5.74, 6) is 0. The van der Waals surface area contributed by atoms with Crippen LogP contribution in [0.25, 0.3) is 5.65 Å². The van der Waals surface area contributed by atoms with Crippen LogP contribution in [0.15, 0.2) is 35.3 Å². The Morgan fingerprint density at radius 3 is 3.11 bits per heavy atom. The lowest BCUT2D eigenvalue weighted by atomic mass is 10.3. The van der Waals surface area contributed by atoms with Crippen LogP contribution in [0.4, 0.5) is 0 Å². The number of hydrogen-bond donors (Lipinski definition) is 1. The Labute approximate surface area is 105 Å². The van der Waals surface area contributed by atoms with Gasteiger partial charge in [-0.2, -0.15) is 0 Å². The van der Waals surface area contributed by atoms with Crippen molar-refractivity contribution < 1.29 is 0 Å². The normalized spacial score (nSPS) is 20.6. The number of nitrogens with zero attached hydrogens (tertiary/aromatic N) is 3. The molecule has 2 aromatic heterocycles. The largest absolute Gasteiger partial charge is 0.326 e. The minimum absolute atomic E-state index is 0.0286. The van der Waals surface area contributed by atoms with E-state index in [4.69, 9.17) is 5.73 Å². The van der Waals surface area contributed by atoms with Crippen LogP contribution in [0.2, 0.25) is 0 Å². The van der Waals surface area contributed by atoms with Crippen LogP contribution in [0, 0.1) is 0 Å². The van der Waals surface area contributed by atoms with E-state index < -0.39 is 0 Å². The fourth-order valence-electron chi connectivity index (χ4n) is 2.42. The van der Waals surface area contributed by atoms with Crippen molar-refractivity contribution in [2.24, 2.45) is 5.73 Å². The third-order valence-electron chi connectivity index (χ3n) is 3.32. The average Bonchev–Trinajstić information content (AvgIpc) is 2.75. The molecule has 3 rings (SSSR count). The Morgan fingerprint density at radius 2 is 2.33 bits per heavy atom. The van der Waals surface area contributed by atoms with E-state index in [2.05, 4.69) is 9.88 Å². The number of nitrogens with two attached hydrogens (primary N) is 1. The Kier molecular flexibility index (Phi) is 2.85. The first kappa shape index (κ1) is 11.4. The van der Waals surface area contributed by atoms with Gasteiger partial charge in [0.1, 0.15) is 5.65 Å². The van der Waals surface area contributed by atoms with E-state index >= 15 is 0 Å². The van der Waals surface area contributed by atoms with Crippen LogP contribution in [0.3, 0.4) is 0 Å². The number of aromatic nitrogens is 2. The number of fused-ring (bicyclic) bond motifs is 1. The molecule has 1 aliphatic rings. The van der Waals surface area contributed by atoms with Crippen molar-refractivity contribution >= 4 is 5.65 Å². The molecular weight excluding hydrogens is 228 g/mol. The predicted octanol–water partition coefficient (Wildman–Crippen LogP) is 0.228. The highest BCUT2D eigenvalue weighted by atomic mass is 16.1. The molecule has 0 aromatic carbocycles. The Bertz CT molecular complexity index is 622. The summed E-state index contributed by atoms with van der Waals surface area (Å²) >= 11 is 0. The number of hydrogen-bond acceptors (Lipinski definition) is 4. The SMILES string of the molecule is NC1CCN(Cc2cc(=O)n3ccccc3n2)C1. The Hall–Kier alpha value is -1.72. The number of likely N-dealkylation sites (tertiary alicyclic amines) is 1. The van der Waals surface area contributed by atoms with E-state index in [1.54, 1.807) is 16.7 Å². The molecule has 1 saturated heterocycles. The summed E-state index contributed by atoms with van der Waals surface area (Å²) in [7, 11) is 0. The lowest BCUT2D eigenvalue weighted by Gasteiger charge is -2.14. The monoisotopic (exact) mass is 244 g/mol. The van der Waals surface area contributed by atoms with Gasteiger partial charge in [-0.15, -0.1) is 0 Å². The summed E-state index contributed by atoms with van der Waals surface area (Å²) < 4.78 is 1.55. The van der Waals surface area contributed by atoms with Crippen molar-refractivity contribution in [3.8, 4) is 0 Å². The third-order valence-corrected chi connectivity index (χ3v) is 3.32. The maximum absolute atomic E-state index is 11.9. The molecule has 94 valence electrons. The third kappa shape index (κ3) is 2.14. The minimum atomic E-state index is -0.0286. The molecule has 0 radical (unpaired) electrons. The molecule has 1 unspecified atom stereocenters. The molecule has 1 fully saturated rings. The van der Waals surface area contributed by atoms with Gasteiger partial charge in [0.15, 0.2) is 0 Å². The molecular formula is C13H16N4O. The number of pyridine rings is 1. The second kappa shape index (κ2) is 4.51. The molecule has 0 amide bonds. The van der Waals surface area contributed by atoms with Crippen molar-refractivity contribution in [3.63, 3.8) is 0 Å². The standard InChI is InChI=1S/C13H16N4O/c14-10-4-6-16(8-10)9-11-7-13(18)17-5-2-1-3-12(17)15-11/h1-3,5,7,10H,4,6,8-9,14H2. The van der Waals surface area contributed by atoms with Crippen molar-refractivity contribution in [2.45, 2.75) is 19.0 Å². The smallest absolute Gasteiger partial charge is 0.258 e. The molecule has 2 aromatic rings. The van der Waals surface area contributed by atoms with Crippen LogP contribution >= 0.6 is 0 Å². The van der Waals surface area contributed by atoms with Crippen LogP contribution in [-0.4, -0.2) is 33.4 Å². The summed E-state index contributed by atoms with van der Waals surface area (Å²) in [5.41, 5.74) is 7.36. The number of rotatable bonds is 2. The zero-order chi connectivity index (χ0) is 12.5. The van der Waals surface area contributed by atoms with Gasteiger partial charge in [0.2, 0.25) is 0 Å². The van der Waals surface area contributed by atoms with Gasteiger partial charge in [-0.25, -0.2) is 4.98 Å². The van der Waals surface area contributed by atoms with E-state index in [1.807, 2.05) is 18.2 Å². The average molecular weight is 244 g/mol. The first-order valence-corrected chi connectivity index (χ1v) is 6.17. The van der Waals surface area contributed by atoms with Crippen molar-refractivity contribution in [3.05, 3.63) is 46.5 Å². The van der Waals surface area contributed by atoms with Crippen LogP contribution in [0.1, 0.15) is 12.1 Å². The Morgan fingerprint density at radius 1 is 1.44 bits per heavy atom. The maximum atomic E-state index is 11.9. The quantitative estimate of drug-likeness (QED) is 0.821. The summed E-state index contributed by atoms with van der Waals surface area (Å²) in [5, 5.41) is 0. The molecule has 1 aliphatic heterocycles. The summed E-state index contributed by atoms with van der Waals surface area (Å²) in [4.78, 5) is 18.7. The second-order valence-electron chi connectivity index (χ2n) is 4.80. The van der Waals surface area contributed by atoms with Crippen LogP contribution in [-0.2, 0) is 6.54 Å². The lowest BCUT2D eigenvalue weighted by molar-refractivity contribution is 0.323. The highest BCUT2D eigenvalue weighted by molar-refractivity contribution is 5.37. The second-order valence-corrected chi connectivity index (χ2v) is 4.80. The fourth-order valence-corrected chi connectivity index (χ4v) is 2.42. The van der Waals surface area contributed by atoms with Crippen LogP contribution in [0.5, 0.6) is 0 Å². The van der Waals surface area contributed by atoms with Crippen molar-refractivity contribution in [1.82, 2.24) is 14.3 Å². The van der Waals surface area contributed by atoms with E-state index in [1.165, 1.54) is 0 Å². The van der Waals surface area contributed by atoms with Gasteiger partial charge < -0.3 is 5.73 Å².